The number of hydrogen-bond acceptors (Lipinski definition) is 3. The molecule has 2 N–H and O–H groups in total. The van der Waals surface area contributed by atoms with Crippen molar-refractivity contribution < 1.29 is 0 Å². The third-order valence-corrected chi connectivity index (χ3v) is 4.19. The molecule has 96 valence electrons. The van der Waals surface area contributed by atoms with Crippen LogP contribution in [0.1, 0.15) is 11.1 Å². The minimum atomic E-state index is -0.467. The average Bonchev–Trinajstić information content (AvgIpc) is 2.76. The van der Waals surface area contributed by atoms with E-state index in [1.807, 2.05) is 24.4 Å². The summed E-state index contributed by atoms with van der Waals surface area (Å²) in [6.07, 6.45) is 0. The summed E-state index contributed by atoms with van der Waals surface area (Å²) in [7, 11) is 0. The number of aryl methyl sites for hydroxylation is 2. The molecule has 0 fully saturated rings. The number of fused-ring (bicyclic) bond motifs is 1. The zero-order valence-corrected chi connectivity index (χ0v) is 11.4. The molecule has 3 aromatic rings. The van der Waals surface area contributed by atoms with Gasteiger partial charge in [-0.15, -0.1) is 11.3 Å². The number of aromatic amines is 2. The number of rotatable bonds is 1. The van der Waals surface area contributed by atoms with Gasteiger partial charge in [0.25, 0.3) is 5.56 Å². The van der Waals surface area contributed by atoms with Crippen LogP contribution in [0.15, 0.2) is 33.2 Å². The Morgan fingerprint density at radius 1 is 1.05 bits per heavy atom. The molecule has 0 atom stereocenters. The molecule has 0 aliphatic rings. The zero-order valence-electron chi connectivity index (χ0n) is 10.5. The highest BCUT2D eigenvalue weighted by Crippen LogP contribution is 2.30. The first-order chi connectivity index (χ1) is 9.06. The van der Waals surface area contributed by atoms with Crippen LogP contribution in [0.3, 0.4) is 0 Å². The van der Waals surface area contributed by atoms with E-state index in [1.54, 1.807) is 0 Å². The lowest BCUT2D eigenvalue weighted by Crippen LogP contribution is -2.21. The highest BCUT2D eigenvalue weighted by Gasteiger charge is 2.11. The average molecular weight is 272 g/mol. The van der Waals surface area contributed by atoms with Gasteiger partial charge in [-0.2, -0.15) is 0 Å². The van der Waals surface area contributed by atoms with E-state index >= 15 is 0 Å². The fraction of sp³-hybridized carbons (Fsp3) is 0.143. The third kappa shape index (κ3) is 1.92. The van der Waals surface area contributed by atoms with E-state index < -0.39 is 5.69 Å². The van der Waals surface area contributed by atoms with E-state index in [0.717, 1.165) is 11.1 Å². The highest BCUT2D eigenvalue weighted by molar-refractivity contribution is 7.17. The van der Waals surface area contributed by atoms with Gasteiger partial charge in [-0.25, -0.2) is 4.79 Å². The Balaban J connectivity index is 2.34. The van der Waals surface area contributed by atoms with Gasteiger partial charge in [-0.05, 0) is 30.5 Å². The van der Waals surface area contributed by atoms with E-state index in [4.69, 9.17) is 0 Å². The van der Waals surface area contributed by atoms with Gasteiger partial charge in [0, 0.05) is 10.9 Å². The van der Waals surface area contributed by atoms with Crippen molar-refractivity contribution in [3.8, 4) is 11.1 Å². The molecule has 3 rings (SSSR count). The molecule has 0 aliphatic heterocycles. The van der Waals surface area contributed by atoms with Crippen molar-refractivity contribution in [3.63, 3.8) is 0 Å². The Labute approximate surface area is 112 Å². The predicted octanol–water partition coefficient (Wildman–Crippen LogP) is 2.56. The van der Waals surface area contributed by atoms with Crippen LogP contribution in [0.2, 0.25) is 0 Å². The van der Waals surface area contributed by atoms with Gasteiger partial charge in [-0.1, -0.05) is 18.2 Å². The number of hydrogen-bond donors (Lipinski definition) is 2. The quantitative estimate of drug-likeness (QED) is 0.715. The molecule has 2 aromatic heterocycles. The van der Waals surface area contributed by atoms with Crippen molar-refractivity contribution in [1.29, 1.82) is 0 Å². The highest BCUT2D eigenvalue weighted by atomic mass is 32.1. The van der Waals surface area contributed by atoms with Crippen LogP contribution in [0.25, 0.3) is 21.3 Å². The summed E-state index contributed by atoms with van der Waals surface area (Å²) in [5, 5.41) is 2.45. The molecule has 5 heteroatoms. The lowest BCUT2D eigenvalue weighted by atomic mass is 10.0. The SMILES string of the molecule is Cc1ccc(-c2csc3[nH]c(=O)[nH]c(=O)c23)cc1C. The lowest BCUT2D eigenvalue weighted by Gasteiger charge is -2.04. The van der Waals surface area contributed by atoms with Gasteiger partial charge in [-0.3, -0.25) is 14.8 Å². The topological polar surface area (TPSA) is 65.7 Å². The maximum atomic E-state index is 11.9. The smallest absolute Gasteiger partial charge is 0.298 e. The monoisotopic (exact) mass is 272 g/mol. The van der Waals surface area contributed by atoms with Crippen LogP contribution < -0.4 is 11.2 Å². The first-order valence-corrected chi connectivity index (χ1v) is 6.75. The maximum absolute atomic E-state index is 11.9. The van der Waals surface area contributed by atoms with E-state index in [0.29, 0.717) is 10.2 Å². The van der Waals surface area contributed by atoms with Crippen molar-refractivity contribution in [2.24, 2.45) is 0 Å². The second kappa shape index (κ2) is 4.20. The molecule has 0 bridgehead atoms. The van der Waals surface area contributed by atoms with Gasteiger partial charge >= 0.3 is 5.69 Å². The second-order valence-electron chi connectivity index (χ2n) is 4.56. The number of H-pyrrole nitrogens is 2. The Kier molecular flexibility index (Phi) is 2.64. The molecule has 0 radical (unpaired) electrons. The summed E-state index contributed by atoms with van der Waals surface area (Å²) in [6.45, 7) is 4.09. The Morgan fingerprint density at radius 2 is 1.84 bits per heavy atom. The van der Waals surface area contributed by atoms with Crippen LogP contribution in [0, 0.1) is 13.8 Å². The van der Waals surface area contributed by atoms with Crippen LogP contribution in [-0.4, -0.2) is 9.97 Å². The van der Waals surface area contributed by atoms with Crippen LogP contribution in [0.4, 0.5) is 0 Å². The third-order valence-electron chi connectivity index (χ3n) is 3.29. The Hall–Kier alpha value is -2.14. The molecule has 2 heterocycles. The van der Waals surface area contributed by atoms with Gasteiger partial charge in [0.2, 0.25) is 0 Å². The molecule has 0 spiro atoms. The molecule has 0 saturated heterocycles. The summed E-state index contributed by atoms with van der Waals surface area (Å²) < 4.78 is 0. The van der Waals surface area contributed by atoms with Gasteiger partial charge in [0.1, 0.15) is 4.83 Å². The lowest BCUT2D eigenvalue weighted by molar-refractivity contribution is 1.09. The maximum Gasteiger partial charge on any atom is 0.326 e. The van der Waals surface area contributed by atoms with Crippen molar-refractivity contribution in [1.82, 2.24) is 9.97 Å². The summed E-state index contributed by atoms with van der Waals surface area (Å²) in [6, 6.07) is 6.09. The van der Waals surface area contributed by atoms with Crippen LogP contribution >= 0.6 is 11.3 Å². The number of benzene rings is 1. The molecule has 0 amide bonds. The second-order valence-corrected chi connectivity index (χ2v) is 5.44. The van der Waals surface area contributed by atoms with Crippen molar-refractivity contribution in [3.05, 3.63) is 55.5 Å². The molecule has 0 aliphatic carbocycles. The normalized spacial score (nSPS) is 11.1. The van der Waals surface area contributed by atoms with Crippen LogP contribution in [0.5, 0.6) is 0 Å². The fourth-order valence-electron chi connectivity index (χ4n) is 2.10. The Bertz CT molecular complexity index is 886. The minimum absolute atomic E-state index is 0.340. The minimum Gasteiger partial charge on any atom is -0.298 e. The van der Waals surface area contributed by atoms with Gasteiger partial charge < -0.3 is 0 Å². The molecule has 0 unspecified atom stereocenters. The molecule has 19 heavy (non-hydrogen) atoms. The molecular formula is C14H12N2O2S. The number of aromatic nitrogens is 2. The van der Waals surface area contributed by atoms with E-state index in [2.05, 4.69) is 23.0 Å². The van der Waals surface area contributed by atoms with Crippen molar-refractivity contribution in [2.75, 3.05) is 0 Å². The van der Waals surface area contributed by atoms with Gasteiger partial charge in [0.05, 0.1) is 5.39 Å². The zero-order chi connectivity index (χ0) is 13.6. The molecule has 1 aromatic carbocycles. The largest absolute Gasteiger partial charge is 0.326 e. The summed E-state index contributed by atoms with van der Waals surface area (Å²) in [5.41, 5.74) is 3.44. The first kappa shape index (κ1) is 11.9. The molecular weight excluding hydrogens is 260 g/mol. The van der Waals surface area contributed by atoms with E-state index in [9.17, 15) is 9.59 Å². The molecule has 0 saturated carbocycles. The van der Waals surface area contributed by atoms with Crippen LogP contribution in [-0.2, 0) is 0 Å². The Morgan fingerprint density at radius 3 is 2.58 bits per heavy atom. The van der Waals surface area contributed by atoms with E-state index in [-0.39, 0.29) is 5.56 Å². The standard InChI is InChI=1S/C14H12N2O2S/c1-7-3-4-9(5-8(7)2)10-6-19-13-11(10)12(17)15-14(18)16-13/h3-6H,1-2H3,(H2,15,16,17,18). The van der Waals surface area contributed by atoms with Crippen molar-refractivity contribution in [2.45, 2.75) is 13.8 Å². The number of thiophene rings is 1. The first-order valence-electron chi connectivity index (χ1n) is 5.87. The van der Waals surface area contributed by atoms with Gasteiger partial charge in [0.15, 0.2) is 0 Å². The summed E-state index contributed by atoms with van der Waals surface area (Å²) in [5.74, 6) is 0. The van der Waals surface area contributed by atoms with Crippen molar-refractivity contribution >= 4 is 21.6 Å². The number of nitrogens with one attached hydrogen (secondary N) is 2. The molecule has 4 nitrogen and oxygen atoms in total. The predicted molar refractivity (Wildman–Crippen MR) is 78.0 cm³/mol. The summed E-state index contributed by atoms with van der Waals surface area (Å²) in [4.78, 5) is 28.7. The van der Waals surface area contributed by atoms with E-state index in [1.165, 1.54) is 22.5 Å². The summed E-state index contributed by atoms with van der Waals surface area (Å²) >= 11 is 1.37. The fourth-order valence-corrected chi connectivity index (χ4v) is 3.06.